The van der Waals surface area contributed by atoms with E-state index in [9.17, 15) is 0 Å². The van der Waals surface area contributed by atoms with E-state index in [4.69, 9.17) is 4.98 Å². The maximum absolute atomic E-state index is 4.90. The van der Waals surface area contributed by atoms with Crippen LogP contribution in [0.4, 0.5) is 0 Å². The van der Waals surface area contributed by atoms with Crippen molar-refractivity contribution in [3.63, 3.8) is 0 Å². The zero-order chi connectivity index (χ0) is 29.0. The van der Waals surface area contributed by atoms with E-state index in [0.29, 0.717) is 0 Å². The second-order valence-corrected chi connectivity index (χ2v) is 11.9. The smallest absolute Gasteiger partial charge is 0.111 e. The predicted octanol–water partition coefficient (Wildman–Crippen LogP) is 10.3. The standard InChI is InChI=1S/C41H32N2/c1-28-42-37-25-26-41(2,27-38(37)43(28)32-15-7-4-8-16-32)31-23-21-30(22-24-31)40-35-19-11-9-17-33(35)39(29-13-5-3-6-14-29)34-18-10-12-20-36(34)40/h3-26H,27H2,1-2H3. The molecule has 0 saturated carbocycles. The molecule has 2 heteroatoms. The molecule has 8 rings (SSSR count). The van der Waals surface area contributed by atoms with Crippen LogP contribution in [0.15, 0.2) is 140 Å². The van der Waals surface area contributed by atoms with Crippen LogP contribution in [0.2, 0.25) is 0 Å². The Bertz CT molecular complexity index is 2100. The van der Waals surface area contributed by atoms with Gasteiger partial charge < -0.3 is 4.57 Å². The maximum atomic E-state index is 4.90. The number of hydrogen-bond donors (Lipinski definition) is 0. The van der Waals surface area contributed by atoms with Crippen LogP contribution in [0.25, 0.3) is 55.6 Å². The lowest BCUT2D eigenvalue weighted by molar-refractivity contribution is 0.570. The van der Waals surface area contributed by atoms with E-state index in [1.54, 1.807) is 0 Å². The van der Waals surface area contributed by atoms with E-state index >= 15 is 0 Å². The lowest BCUT2D eigenvalue weighted by atomic mass is 9.75. The van der Waals surface area contributed by atoms with Gasteiger partial charge in [-0.05, 0) is 74.5 Å². The molecule has 0 N–H and O–H groups in total. The number of allylic oxidation sites excluding steroid dienone is 1. The SMILES string of the molecule is Cc1nc2c(n1-c1ccccc1)CC(C)(c1ccc(-c3c4ccccc4c(-c4ccccc4)c4ccccc34)cc1)C=C2. The van der Waals surface area contributed by atoms with Gasteiger partial charge in [0.05, 0.1) is 11.4 Å². The zero-order valence-corrected chi connectivity index (χ0v) is 24.5. The maximum Gasteiger partial charge on any atom is 0.111 e. The molecular weight excluding hydrogens is 520 g/mol. The van der Waals surface area contributed by atoms with Crippen LogP contribution in [-0.2, 0) is 11.8 Å². The molecule has 0 fully saturated rings. The molecule has 1 aliphatic rings. The summed E-state index contributed by atoms with van der Waals surface area (Å²) in [6.07, 6.45) is 5.44. The third-order valence-electron chi connectivity index (χ3n) is 9.16. The summed E-state index contributed by atoms with van der Waals surface area (Å²) in [5, 5.41) is 5.13. The van der Waals surface area contributed by atoms with Gasteiger partial charge in [-0.25, -0.2) is 4.98 Å². The highest BCUT2D eigenvalue weighted by atomic mass is 15.1. The minimum atomic E-state index is -0.133. The lowest BCUT2D eigenvalue weighted by Crippen LogP contribution is -2.26. The van der Waals surface area contributed by atoms with E-state index in [-0.39, 0.29) is 5.41 Å². The fourth-order valence-corrected chi connectivity index (χ4v) is 7.06. The first kappa shape index (κ1) is 25.5. The molecule has 0 radical (unpaired) electrons. The average Bonchev–Trinajstić information content (AvgIpc) is 3.38. The van der Waals surface area contributed by atoms with Crippen LogP contribution in [0.1, 0.15) is 29.7 Å². The Balaban J connectivity index is 1.24. The Morgan fingerprint density at radius 2 is 1.07 bits per heavy atom. The van der Waals surface area contributed by atoms with Crippen LogP contribution in [0, 0.1) is 6.92 Å². The number of para-hydroxylation sites is 1. The van der Waals surface area contributed by atoms with Crippen molar-refractivity contribution in [2.45, 2.75) is 25.7 Å². The van der Waals surface area contributed by atoms with Crippen LogP contribution >= 0.6 is 0 Å². The van der Waals surface area contributed by atoms with Crippen molar-refractivity contribution >= 4 is 27.6 Å². The molecule has 1 aliphatic carbocycles. The van der Waals surface area contributed by atoms with Gasteiger partial charge in [0.15, 0.2) is 0 Å². The number of imidazole rings is 1. The summed E-state index contributed by atoms with van der Waals surface area (Å²) in [6.45, 7) is 4.45. The molecule has 2 nitrogen and oxygen atoms in total. The number of rotatable bonds is 4. The summed E-state index contributed by atoms with van der Waals surface area (Å²) in [6, 6.07) is 48.4. The van der Waals surface area contributed by atoms with E-state index in [0.717, 1.165) is 17.9 Å². The highest BCUT2D eigenvalue weighted by Gasteiger charge is 2.32. The van der Waals surface area contributed by atoms with Gasteiger partial charge in [-0.15, -0.1) is 0 Å². The van der Waals surface area contributed by atoms with Gasteiger partial charge in [0, 0.05) is 17.5 Å². The Hall–Kier alpha value is -5.21. The number of hydrogen-bond acceptors (Lipinski definition) is 1. The van der Waals surface area contributed by atoms with Gasteiger partial charge in [0.25, 0.3) is 0 Å². The third kappa shape index (κ3) is 4.13. The molecule has 0 saturated heterocycles. The highest BCUT2D eigenvalue weighted by Crippen LogP contribution is 2.44. The largest absolute Gasteiger partial charge is 0.300 e. The molecule has 7 aromatic rings. The molecule has 206 valence electrons. The molecule has 1 aromatic heterocycles. The van der Waals surface area contributed by atoms with E-state index in [1.165, 1.54) is 60.7 Å². The second kappa shape index (κ2) is 9.96. The predicted molar refractivity (Wildman–Crippen MR) is 181 cm³/mol. The Kier molecular flexibility index (Phi) is 5.90. The molecule has 0 bridgehead atoms. The summed E-state index contributed by atoms with van der Waals surface area (Å²) in [5.74, 6) is 1.03. The summed E-state index contributed by atoms with van der Waals surface area (Å²) < 4.78 is 2.32. The molecule has 1 atom stereocenters. The molecule has 6 aromatic carbocycles. The van der Waals surface area contributed by atoms with Crippen molar-refractivity contribution < 1.29 is 0 Å². The van der Waals surface area contributed by atoms with E-state index < -0.39 is 0 Å². The molecule has 0 aliphatic heterocycles. The summed E-state index contributed by atoms with van der Waals surface area (Å²) in [5.41, 5.74) is 9.77. The first-order valence-electron chi connectivity index (χ1n) is 15.0. The third-order valence-corrected chi connectivity index (χ3v) is 9.16. The number of aryl methyl sites for hydroxylation is 1. The minimum absolute atomic E-state index is 0.133. The highest BCUT2D eigenvalue weighted by molar-refractivity contribution is 6.21. The van der Waals surface area contributed by atoms with Crippen molar-refractivity contribution in [1.82, 2.24) is 9.55 Å². The van der Waals surface area contributed by atoms with Gasteiger partial charge in [-0.1, -0.05) is 134 Å². The minimum Gasteiger partial charge on any atom is -0.300 e. The molecular formula is C41H32N2. The van der Waals surface area contributed by atoms with Crippen LogP contribution in [0.3, 0.4) is 0 Å². The summed E-state index contributed by atoms with van der Waals surface area (Å²) >= 11 is 0. The number of aromatic nitrogens is 2. The Morgan fingerprint density at radius 3 is 1.63 bits per heavy atom. The fraction of sp³-hybridized carbons (Fsp3) is 0.0976. The van der Waals surface area contributed by atoms with Crippen LogP contribution in [-0.4, -0.2) is 9.55 Å². The first-order chi connectivity index (χ1) is 21.1. The fourth-order valence-electron chi connectivity index (χ4n) is 7.06. The van der Waals surface area contributed by atoms with Gasteiger partial charge in [0.1, 0.15) is 5.82 Å². The quantitative estimate of drug-likeness (QED) is 0.199. The molecule has 1 heterocycles. The first-order valence-corrected chi connectivity index (χ1v) is 15.0. The zero-order valence-electron chi connectivity index (χ0n) is 24.5. The Morgan fingerprint density at radius 1 is 0.581 bits per heavy atom. The monoisotopic (exact) mass is 552 g/mol. The van der Waals surface area contributed by atoms with Gasteiger partial charge >= 0.3 is 0 Å². The number of nitrogens with zero attached hydrogens (tertiary/aromatic N) is 2. The van der Waals surface area contributed by atoms with Crippen molar-refractivity contribution in [3.8, 4) is 27.9 Å². The molecule has 43 heavy (non-hydrogen) atoms. The van der Waals surface area contributed by atoms with Gasteiger partial charge in [0.2, 0.25) is 0 Å². The molecule has 1 unspecified atom stereocenters. The van der Waals surface area contributed by atoms with Crippen molar-refractivity contribution in [2.75, 3.05) is 0 Å². The second-order valence-electron chi connectivity index (χ2n) is 11.9. The number of benzene rings is 6. The van der Waals surface area contributed by atoms with Crippen LogP contribution in [0.5, 0.6) is 0 Å². The lowest BCUT2D eigenvalue weighted by Gasteiger charge is -2.30. The van der Waals surface area contributed by atoms with Crippen LogP contribution < -0.4 is 0 Å². The van der Waals surface area contributed by atoms with Gasteiger partial charge in [-0.3, -0.25) is 0 Å². The van der Waals surface area contributed by atoms with Gasteiger partial charge in [-0.2, -0.15) is 0 Å². The van der Waals surface area contributed by atoms with Crippen molar-refractivity contribution in [2.24, 2.45) is 0 Å². The Labute approximate surface area is 252 Å². The van der Waals surface area contributed by atoms with Crippen molar-refractivity contribution in [3.05, 3.63) is 162 Å². The summed E-state index contributed by atoms with van der Waals surface area (Å²) in [7, 11) is 0. The summed E-state index contributed by atoms with van der Waals surface area (Å²) in [4.78, 5) is 4.90. The van der Waals surface area contributed by atoms with Crippen molar-refractivity contribution in [1.29, 1.82) is 0 Å². The average molecular weight is 553 g/mol. The van der Waals surface area contributed by atoms with E-state index in [1.807, 2.05) is 0 Å². The normalized spacial score (nSPS) is 16.0. The topological polar surface area (TPSA) is 17.8 Å². The number of fused-ring (bicyclic) bond motifs is 3. The molecule has 0 amide bonds. The molecule has 0 spiro atoms. The van der Waals surface area contributed by atoms with E-state index in [2.05, 4.69) is 164 Å².